The second-order valence-corrected chi connectivity index (χ2v) is 7.45. The fourth-order valence-electron chi connectivity index (χ4n) is 4.08. The number of carbonyl (C=O) groups excluding carboxylic acids is 1. The van der Waals surface area contributed by atoms with Gasteiger partial charge in [0.2, 0.25) is 5.91 Å². The summed E-state index contributed by atoms with van der Waals surface area (Å²) < 4.78 is 10.9. The van der Waals surface area contributed by atoms with Gasteiger partial charge in [-0.1, -0.05) is 24.2 Å². The van der Waals surface area contributed by atoms with Gasteiger partial charge >= 0.3 is 0 Å². The minimum absolute atomic E-state index is 0.245. The molecule has 1 unspecified atom stereocenters. The predicted octanol–water partition coefficient (Wildman–Crippen LogP) is 4.17. The van der Waals surface area contributed by atoms with Crippen LogP contribution in [0.5, 0.6) is 5.75 Å². The summed E-state index contributed by atoms with van der Waals surface area (Å²) in [7, 11) is 1.64. The molecule has 1 aliphatic heterocycles. The Labute approximate surface area is 154 Å². The highest BCUT2D eigenvalue weighted by Gasteiger charge is 2.56. The van der Waals surface area contributed by atoms with Crippen molar-refractivity contribution in [3.8, 4) is 17.1 Å². The average Bonchev–Trinajstić information content (AvgIpc) is 3.36. The zero-order valence-electron chi connectivity index (χ0n) is 15.5. The molecule has 4 rings (SSSR count). The van der Waals surface area contributed by atoms with Crippen molar-refractivity contribution in [2.24, 2.45) is 0 Å². The van der Waals surface area contributed by atoms with Gasteiger partial charge in [0.25, 0.3) is 0 Å². The molecule has 0 bridgehead atoms. The summed E-state index contributed by atoms with van der Waals surface area (Å²) >= 11 is 0. The number of aromatic nitrogens is 1. The highest BCUT2D eigenvalue weighted by molar-refractivity contribution is 5.91. The van der Waals surface area contributed by atoms with E-state index >= 15 is 0 Å². The Hall–Kier alpha value is -2.30. The number of carbonyl (C=O) groups is 1. The lowest BCUT2D eigenvalue weighted by molar-refractivity contribution is -0.138. The third kappa shape index (κ3) is 2.89. The molecule has 2 aromatic rings. The number of nitrogens with zero attached hydrogens (tertiary/aromatic N) is 2. The molecule has 5 heteroatoms. The molecule has 2 heterocycles. The van der Waals surface area contributed by atoms with Crippen molar-refractivity contribution < 1.29 is 14.1 Å². The number of rotatable bonds is 5. The van der Waals surface area contributed by atoms with Crippen LogP contribution in [0.15, 0.2) is 34.9 Å². The molecule has 0 spiro atoms. The van der Waals surface area contributed by atoms with Gasteiger partial charge in [-0.3, -0.25) is 4.79 Å². The number of hydrogen-bond donors (Lipinski definition) is 0. The Morgan fingerprint density at radius 2 is 2.19 bits per heavy atom. The summed E-state index contributed by atoms with van der Waals surface area (Å²) in [5.74, 6) is 1.70. The summed E-state index contributed by atoms with van der Waals surface area (Å²) in [5, 5.41) is 4.29. The summed E-state index contributed by atoms with van der Waals surface area (Å²) in [5.41, 5.74) is 1.22. The van der Waals surface area contributed by atoms with E-state index in [0.717, 1.165) is 55.7 Å². The fraction of sp³-hybridized carbons (Fsp3) is 0.524. The lowest BCUT2D eigenvalue weighted by Gasteiger charge is -2.37. The molecule has 0 N–H and O–H groups in total. The van der Waals surface area contributed by atoms with Crippen LogP contribution in [0.4, 0.5) is 0 Å². The molecule has 138 valence electrons. The highest BCUT2D eigenvalue weighted by Crippen LogP contribution is 2.50. The zero-order chi connectivity index (χ0) is 18.1. The summed E-state index contributed by atoms with van der Waals surface area (Å²) in [6.07, 6.45) is 6.19. The molecule has 2 aliphatic rings. The summed E-state index contributed by atoms with van der Waals surface area (Å²) in [4.78, 5) is 15.4. The molecule has 1 atom stereocenters. The third-order valence-corrected chi connectivity index (χ3v) is 5.87. The second kappa shape index (κ2) is 6.78. The first-order valence-electron chi connectivity index (χ1n) is 9.60. The van der Waals surface area contributed by atoms with Crippen LogP contribution in [-0.4, -0.2) is 35.7 Å². The third-order valence-electron chi connectivity index (χ3n) is 5.87. The van der Waals surface area contributed by atoms with Gasteiger partial charge in [-0.25, -0.2) is 0 Å². The number of piperidine rings is 1. The van der Waals surface area contributed by atoms with E-state index in [1.165, 1.54) is 6.42 Å². The van der Waals surface area contributed by atoms with E-state index in [4.69, 9.17) is 9.26 Å². The van der Waals surface area contributed by atoms with Crippen molar-refractivity contribution in [2.45, 2.75) is 56.9 Å². The SMILES string of the molecule is CCC1CCCCN1C(=O)C1(c2cc(-c3cccc(OC)c3)on2)CC1. The quantitative estimate of drug-likeness (QED) is 0.808. The standard InChI is InChI=1S/C21H26N2O3/c1-3-16-8-4-5-12-23(16)20(24)21(10-11-21)19-14-18(26-22-19)15-7-6-9-17(13-15)25-2/h6-7,9,13-14,16H,3-5,8,10-12H2,1-2H3. The lowest BCUT2D eigenvalue weighted by atomic mass is 9.94. The van der Waals surface area contributed by atoms with Crippen molar-refractivity contribution in [3.05, 3.63) is 36.0 Å². The maximum absolute atomic E-state index is 13.3. The lowest BCUT2D eigenvalue weighted by Crippen LogP contribution is -2.48. The van der Waals surface area contributed by atoms with E-state index in [2.05, 4.69) is 17.0 Å². The molecule has 1 aromatic carbocycles. The molecule has 1 aromatic heterocycles. The number of benzene rings is 1. The Balaban J connectivity index is 1.59. The summed E-state index contributed by atoms with van der Waals surface area (Å²) in [6.45, 7) is 3.05. The van der Waals surface area contributed by atoms with Gasteiger partial charge in [-0.05, 0) is 50.7 Å². The number of hydrogen-bond acceptors (Lipinski definition) is 4. The van der Waals surface area contributed by atoms with E-state index < -0.39 is 5.41 Å². The molecule has 1 aliphatic carbocycles. The first-order valence-corrected chi connectivity index (χ1v) is 9.60. The Bertz CT molecular complexity index is 794. The van der Waals surface area contributed by atoms with Crippen LogP contribution in [0.2, 0.25) is 0 Å². The van der Waals surface area contributed by atoms with Crippen LogP contribution in [0.1, 0.15) is 51.1 Å². The van der Waals surface area contributed by atoms with E-state index in [0.29, 0.717) is 11.8 Å². The van der Waals surface area contributed by atoms with Gasteiger partial charge < -0.3 is 14.2 Å². The van der Waals surface area contributed by atoms with Crippen LogP contribution in [-0.2, 0) is 10.2 Å². The van der Waals surface area contributed by atoms with Gasteiger partial charge in [0, 0.05) is 24.2 Å². The van der Waals surface area contributed by atoms with Gasteiger partial charge in [-0.2, -0.15) is 0 Å². The van der Waals surface area contributed by atoms with Crippen LogP contribution >= 0.6 is 0 Å². The first kappa shape index (κ1) is 17.1. The Morgan fingerprint density at radius 3 is 2.92 bits per heavy atom. The van der Waals surface area contributed by atoms with E-state index in [-0.39, 0.29) is 5.91 Å². The minimum Gasteiger partial charge on any atom is -0.497 e. The maximum Gasteiger partial charge on any atom is 0.235 e. The number of likely N-dealkylation sites (tertiary alicyclic amines) is 1. The molecular formula is C21H26N2O3. The molecule has 0 radical (unpaired) electrons. The van der Waals surface area contributed by atoms with Crippen molar-refractivity contribution in [1.29, 1.82) is 0 Å². The van der Waals surface area contributed by atoms with Crippen molar-refractivity contribution in [3.63, 3.8) is 0 Å². The minimum atomic E-state index is -0.467. The number of methoxy groups -OCH3 is 1. The smallest absolute Gasteiger partial charge is 0.235 e. The van der Waals surface area contributed by atoms with Gasteiger partial charge in [0.1, 0.15) is 5.75 Å². The average molecular weight is 354 g/mol. The summed E-state index contributed by atoms with van der Waals surface area (Å²) in [6, 6.07) is 10.0. The van der Waals surface area contributed by atoms with E-state index in [1.54, 1.807) is 7.11 Å². The van der Waals surface area contributed by atoms with Crippen molar-refractivity contribution in [2.75, 3.05) is 13.7 Å². The molecule has 5 nitrogen and oxygen atoms in total. The Morgan fingerprint density at radius 1 is 1.35 bits per heavy atom. The molecule has 1 amide bonds. The van der Waals surface area contributed by atoms with Crippen LogP contribution in [0.25, 0.3) is 11.3 Å². The maximum atomic E-state index is 13.3. The molecular weight excluding hydrogens is 328 g/mol. The number of ether oxygens (including phenoxy) is 1. The van der Waals surface area contributed by atoms with Crippen LogP contribution < -0.4 is 4.74 Å². The number of amides is 1. The molecule has 1 saturated heterocycles. The second-order valence-electron chi connectivity index (χ2n) is 7.45. The largest absolute Gasteiger partial charge is 0.497 e. The Kier molecular flexibility index (Phi) is 4.47. The van der Waals surface area contributed by atoms with Crippen LogP contribution in [0.3, 0.4) is 0 Å². The van der Waals surface area contributed by atoms with Gasteiger partial charge in [0.15, 0.2) is 5.76 Å². The first-order chi connectivity index (χ1) is 12.7. The zero-order valence-corrected chi connectivity index (χ0v) is 15.5. The van der Waals surface area contributed by atoms with E-state index in [1.807, 2.05) is 30.3 Å². The van der Waals surface area contributed by atoms with Gasteiger partial charge in [-0.15, -0.1) is 0 Å². The molecule has 1 saturated carbocycles. The van der Waals surface area contributed by atoms with Crippen LogP contribution in [0, 0.1) is 0 Å². The highest BCUT2D eigenvalue weighted by atomic mass is 16.5. The predicted molar refractivity (Wildman–Crippen MR) is 99.0 cm³/mol. The van der Waals surface area contributed by atoms with Crippen molar-refractivity contribution >= 4 is 5.91 Å². The monoisotopic (exact) mass is 354 g/mol. The normalized spacial score (nSPS) is 21.5. The van der Waals surface area contributed by atoms with E-state index in [9.17, 15) is 4.79 Å². The topological polar surface area (TPSA) is 55.6 Å². The molecule has 2 fully saturated rings. The van der Waals surface area contributed by atoms with Crippen molar-refractivity contribution in [1.82, 2.24) is 10.1 Å². The van der Waals surface area contributed by atoms with Gasteiger partial charge in [0.05, 0.1) is 18.2 Å². The molecule has 26 heavy (non-hydrogen) atoms. The fourth-order valence-corrected chi connectivity index (χ4v) is 4.08.